The molecule has 3 aromatic carbocycles. The fourth-order valence-electron chi connectivity index (χ4n) is 2.83. The van der Waals surface area contributed by atoms with Gasteiger partial charge in [-0.1, -0.05) is 72.8 Å². The Morgan fingerprint density at radius 2 is 1.35 bits per heavy atom. The standard InChI is InChI=1S/C22H20F/c23-22-13-7-12-20(17-22)21(16-19-10-5-2-6-11-19)15-14-18-8-3-1-4-9-18/h1-13,17H,14-16H2. The molecule has 0 saturated carbocycles. The molecule has 0 aromatic heterocycles. The lowest BCUT2D eigenvalue weighted by Crippen LogP contribution is -2.06. The van der Waals surface area contributed by atoms with Crippen LogP contribution >= 0.6 is 0 Å². The van der Waals surface area contributed by atoms with Gasteiger partial charge < -0.3 is 0 Å². The number of hydrogen-bond acceptors (Lipinski definition) is 0. The van der Waals surface area contributed by atoms with E-state index < -0.39 is 0 Å². The molecule has 1 radical (unpaired) electrons. The molecule has 0 amide bonds. The van der Waals surface area contributed by atoms with Gasteiger partial charge in [0.05, 0.1) is 0 Å². The fourth-order valence-corrected chi connectivity index (χ4v) is 2.83. The van der Waals surface area contributed by atoms with Crippen LogP contribution in [0.4, 0.5) is 4.39 Å². The van der Waals surface area contributed by atoms with Gasteiger partial charge in [0, 0.05) is 5.92 Å². The third kappa shape index (κ3) is 4.53. The zero-order valence-corrected chi connectivity index (χ0v) is 13.1. The van der Waals surface area contributed by atoms with Crippen LogP contribution in [-0.2, 0) is 12.8 Å². The quantitative estimate of drug-likeness (QED) is 0.554. The van der Waals surface area contributed by atoms with Crippen molar-refractivity contribution in [3.05, 3.63) is 113 Å². The lowest BCUT2D eigenvalue weighted by molar-refractivity contribution is 0.624. The van der Waals surface area contributed by atoms with Crippen LogP contribution in [0, 0.1) is 11.7 Å². The van der Waals surface area contributed by atoms with Crippen molar-refractivity contribution in [3.63, 3.8) is 0 Å². The summed E-state index contributed by atoms with van der Waals surface area (Å²) in [7, 11) is 0. The molecule has 0 aliphatic rings. The summed E-state index contributed by atoms with van der Waals surface area (Å²) < 4.78 is 13.6. The maximum Gasteiger partial charge on any atom is 0.123 e. The number of halogens is 1. The molecule has 0 nitrogen and oxygen atoms in total. The van der Waals surface area contributed by atoms with Crippen LogP contribution in [-0.4, -0.2) is 0 Å². The SMILES string of the molecule is Fc1cccc([C](CCc2ccccc2)Cc2ccccc2)c1. The molecule has 23 heavy (non-hydrogen) atoms. The summed E-state index contributed by atoms with van der Waals surface area (Å²) in [6.45, 7) is 0. The van der Waals surface area contributed by atoms with Gasteiger partial charge in [-0.05, 0) is 48.1 Å². The van der Waals surface area contributed by atoms with Crippen LogP contribution in [0.25, 0.3) is 0 Å². The highest BCUT2D eigenvalue weighted by Gasteiger charge is 2.14. The van der Waals surface area contributed by atoms with Crippen LogP contribution in [0.2, 0.25) is 0 Å². The Balaban J connectivity index is 1.78. The molecular formula is C22H20F. The summed E-state index contributed by atoms with van der Waals surface area (Å²) in [6.07, 6.45) is 2.76. The number of aryl methyl sites for hydroxylation is 1. The first-order valence-electron chi connectivity index (χ1n) is 8.00. The molecular weight excluding hydrogens is 283 g/mol. The summed E-state index contributed by atoms with van der Waals surface area (Å²) in [5.41, 5.74) is 3.58. The maximum atomic E-state index is 13.6. The van der Waals surface area contributed by atoms with E-state index in [2.05, 4.69) is 48.5 Å². The van der Waals surface area contributed by atoms with Crippen LogP contribution < -0.4 is 0 Å². The molecule has 0 N–H and O–H groups in total. The Hall–Kier alpha value is -2.41. The minimum Gasteiger partial charge on any atom is -0.207 e. The average Bonchev–Trinajstić information content (AvgIpc) is 2.60. The normalized spacial score (nSPS) is 10.9. The molecule has 0 spiro atoms. The average molecular weight is 303 g/mol. The highest BCUT2D eigenvalue weighted by atomic mass is 19.1. The third-order valence-electron chi connectivity index (χ3n) is 4.05. The van der Waals surface area contributed by atoms with Gasteiger partial charge >= 0.3 is 0 Å². The van der Waals surface area contributed by atoms with Crippen molar-refractivity contribution in [2.24, 2.45) is 0 Å². The second-order valence-electron chi connectivity index (χ2n) is 5.76. The molecule has 0 aliphatic heterocycles. The molecule has 0 heterocycles. The Labute approximate surface area is 137 Å². The van der Waals surface area contributed by atoms with E-state index >= 15 is 0 Å². The van der Waals surface area contributed by atoms with E-state index in [1.807, 2.05) is 18.2 Å². The molecule has 0 atom stereocenters. The van der Waals surface area contributed by atoms with Crippen molar-refractivity contribution in [1.29, 1.82) is 0 Å². The van der Waals surface area contributed by atoms with Crippen LogP contribution in [0.3, 0.4) is 0 Å². The van der Waals surface area contributed by atoms with Gasteiger partial charge in [0.15, 0.2) is 0 Å². The highest BCUT2D eigenvalue weighted by Crippen LogP contribution is 2.25. The van der Waals surface area contributed by atoms with Crippen molar-refractivity contribution in [2.45, 2.75) is 19.3 Å². The van der Waals surface area contributed by atoms with Gasteiger partial charge in [0.2, 0.25) is 0 Å². The molecule has 3 aromatic rings. The largest absolute Gasteiger partial charge is 0.207 e. The van der Waals surface area contributed by atoms with Crippen LogP contribution in [0.1, 0.15) is 23.1 Å². The molecule has 3 rings (SSSR count). The van der Waals surface area contributed by atoms with E-state index in [-0.39, 0.29) is 5.82 Å². The lowest BCUT2D eigenvalue weighted by atomic mass is 9.87. The first-order chi connectivity index (χ1) is 11.3. The van der Waals surface area contributed by atoms with E-state index in [1.165, 1.54) is 23.1 Å². The van der Waals surface area contributed by atoms with Gasteiger partial charge in [-0.25, -0.2) is 4.39 Å². The predicted molar refractivity (Wildman–Crippen MR) is 93.7 cm³/mol. The zero-order chi connectivity index (χ0) is 15.9. The summed E-state index contributed by atoms with van der Waals surface area (Å²) in [4.78, 5) is 0. The summed E-state index contributed by atoms with van der Waals surface area (Å²) in [5, 5.41) is 0. The number of benzene rings is 3. The van der Waals surface area contributed by atoms with Gasteiger partial charge in [0.25, 0.3) is 0 Å². The van der Waals surface area contributed by atoms with Gasteiger partial charge in [-0.15, -0.1) is 0 Å². The first-order valence-corrected chi connectivity index (χ1v) is 8.00. The second-order valence-corrected chi connectivity index (χ2v) is 5.76. The minimum atomic E-state index is -0.173. The van der Waals surface area contributed by atoms with Crippen molar-refractivity contribution in [1.82, 2.24) is 0 Å². The van der Waals surface area contributed by atoms with E-state index in [1.54, 1.807) is 12.1 Å². The number of hydrogen-bond donors (Lipinski definition) is 0. The van der Waals surface area contributed by atoms with E-state index in [9.17, 15) is 4.39 Å². The first kappa shape index (κ1) is 15.5. The van der Waals surface area contributed by atoms with E-state index in [0.717, 1.165) is 24.8 Å². The van der Waals surface area contributed by atoms with Gasteiger partial charge in [-0.2, -0.15) is 0 Å². The van der Waals surface area contributed by atoms with Gasteiger partial charge in [-0.3, -0.25) is 0 Å². The second kappa shape index (κ2) is 7.73. The Morgan fingerprint density at radius 1 is 0.696 bits per heavy atom. The van der Waals surface area contributed by atoms with Gasteiger partial charge in [0.1, 0.15) is 5.82 Å². The molecule has 0 aliphatic carbocycles. The Kier molecular flexibility index (Phi) is 5.21. The third-order valence-corrected chi connectivity index (χ3v) is 4.05. The predicted octanol–water partition coefficient (Wildman–Crippen LogP) is 5.62. The summed E-state index contributed by atoms with van der Waals surface area (Å²) >= 11 is 0. The van der Waals surface area contributed by atoms with Crippen LogP contribution in [0.15, 0.2) is 84.9 Å². The van der Waals surface area contributed by atoms with E-state index in [4.69, 9.17) is 0 Å². The molecule has 0 saturated heterocycles. The lowest BCUT2D eigenvalue weighted by Gasteiger charge is -2.17. The summed E-state index contributed by atoms with van der Waals surface area (Å²) in [6, 6.07) is 27.8. The highest BCUT2D eigenvalue weighted by molar-refractivity contribution is 5.35. The molecule has 0 fully saturated rings. The molecule has 115 valence electrons. The molecule has 0 unspecified atom stereocenters. The van der Waals surface area contributed by atoms with E-state index in [0.29, 0.717) is 0 Å². The monoisotopic (exact) mass is 303 g/mol. The van der Waals surface area contributed by atoms with Crippen molar-refractivity contribution < 1.29 is 4.39 Å². The topological polar surface area (TPSA) is 0 Å². The summed E-state index contributed by atoms with van der Waals surface area (Å²) in [5.74, 6) is 1.10. The Bertz CT molecular complexity index is 719. The van der Waals surface area contributed by atoms with Crippen LogP contribution in [0.5, 0.6) is 0 Å². The molecule has 0 bridgehead atoms. The maximum absolute atomic E-state index is 13.6. The minimum absolute atomic E-state index is 0.173. The Morgan fingerprint density at radius 3 is 2.00 bits per heavy atom. The fraction of sp³-hybridized carbons (Fsp3) is 0.136. The molecule has 1 heteroatoms. The van der Waals surface area contributed by atoms with Crippen molar-refractivity contribution in [2.75, 3.05) is 0 Å². The van der Waals surface area contributed by atoms with Crippen molar-refractivity contribution >= 4 is 0 Å². The number of rotatable bonds is 6. The smallest absolute Gasteiger partial charge is 0.123 e. The zero-order valence-electron chi connectivity index (χ0n) is 13.1. The van der Waals surface area contributed by atoms with Crippen molar-refractivity contribution in [3.8, 4) is 0 Å².